The number of nitrogens with zero attached hydrogens (tertiary/aromatic N) is 1. The summed E-state index contributed by atoms with van der Waals surface area (Å²) in [5.41, 5.74) is -2.24. The average molecular weight is 561 g/mol. The molecule has 1 amide bonds. The zero-order chi connectivity index (χ0) is 28.5. The second kappa shape index (κ2) is 11.4. The van der Waals surface area contributed by atoms with Crippen LogP contribution in [0.15, 0.2) is 42.5 Å². The Morgan fingerprint density at radius 3 is 2.18 bits per heavy atom. The van der Waals surface area contributed by atoms with Gasteiger partial charge < -0.3 is 10.1 Å². The van der Waals surface area contributed by atoms with E-state index in [1.807, 2.05) is 0 Å². The van der Waals surface area contributed by atoms with Crippen molar-refractivity contribution in [1.29, 1.82) is 0 Å². The van der Waals surface area contributed by atoms with E-state index < -0.39 is 41.5 Å². The van der Waals surface area contributed by atoms with Crippen molar-refractivity contribution < 1.29 is 40.3 Å². The zero-order valence-corrected chi connectivity index (χ0v) is 21.6. The van der Waals surface area contributed by atoms with Crippen molar-refractivity contribution in [1.82, 2.24) is 10.2 Å². The molecule has 2 fully saturated rings. The Bertz CT molecular complexity index is 1120. The second-order valence-corrected chi connectivity index (χ2v) is 10.3. The first kappa shape index (κ1) is 29.3. The number of hydrogen-bond acceptors (Lipinski definition) is 3. The molecular formula is C28H31F7N2O2. The maximum atomic E-state index is 13.7. The molecule has 1 saturated carbocycles. The first-order chi connectivity index (χ1) is 18.3. The Balaban J connectivity index is 1.61. The fourth-order valence-corrected chi connectivity index (χ4v) is 5.93. The van der Waals surface area contributed by atoms with Crippen molar-refractivity contribution in [3.05, 3.63) is 70.5 Å². The fraction of sp³-hybridized carbons (Fsp3) is 0.536. The van der Waals surface area contributed by atoms with Crippen LogP contribution in [0.2, 0.25) is 0 Å². The number of likely N-dealkylation sites (tertiary alicyclic amines) is 1. The Morgan fingerprint density at radius 2 is 1.62 bits per heavy atom. The number of alkyl halides is 6. The predicted molar refractivity (Wildman–Crippen MR) is 130 cm³/mol. The van der Waals surface area contributed by atoms with Crippen LogP contribution in [0.5, 0.6) is 0 Å². The lowest BCUT2D eigenvalue weighted by molar-refractivity contribution is -0.143. The Labute approximate surface area is 222 Å². The highest BCUT2D eigenvalue weighted by Crippen LogP contribution is 2.45. The molecule has 1 heterocycles. The number of ether oxygens (including phenoxy) is 1. The summed E-state index contributed by atoms with van der Waals surface area (Å²) >= 11 is 0. The van der Waals surface area contributed by atoms with Crippen molar-refractivity contribution in [2.45, 2.75) is 69.1 Å². The number of benzene rings is 2. The van der Waals surface area contributed by atoms with Gasteiger partial charge in [-0.2, -0.15) is 26.3 Å². The summed E-state index contributed by atoms with van der Waals surface area (Å²) in [6.07, 6.45) is -8.73. The minimum atomic E-state index is -4.96. The average Bonchev–Trinajstić information content (AvgIpc) is 3.50. The van der Waals surface area contributed by atoms with Crippen LogP contribution in [0.25, 0.3) is 0 Å². The summed E-state index contributed by atoms with van der Waals surface area (Å²) in [6, 6.07) is 7.11. The third kappa shape index (κ3) is 6.74. The molecule has 0 radical (unpaired) electrons. The molecule has 4 nitrogen and oxygen atoms in total. The van der Waals surface area contributed by atoms with Crippen LogP contribution in [0, 0.1) is 11.7 Å². The molecule has 11 heteroatoms. The van der Waals surface area contributed by atoms with Crippen LogP contribution < -0.4 is 5.32 Å². The minimum Gasteiger partial charge on any atom is -0.370 e. The Morgan fingerprint density at radius 1 is 1.00 bits per heavy atom. The maximum Gasteiger partial charge on any atom is 0.416 e. The Hall–Kier alpha value is -2.66. The van der Waals surface area contributed by atoms with Crippen LogP contribution >= 0.6 is 0 Å². The van der Waals surface area contributed by atoms with Gasteiger partial charge in [0.25, 0.3) is 0 Å². The minimum absolute atomic E-state index is 0.00911. The standard InChI is InChI=1S/C28H31F7N2O2/c1-16(19-12-20(27(30,31)32)14-21(13-19)28(33,34)35)39-24-10-7-18(25(24)17-5-8-22(29)9-6-17)15-37-11-3-4-23(37)26(38)36-2/h5-6,8-9,12-14,16,18,23-25H,3-4,7,10-11,15H2,1-2H3,(H,36,38). The molecule has 2 aromatic rings. The summed E-state index contributed by atoms with van der Waals surface area (Å²) in [6.45, 7) is 2.74. The fourth-order valence-electron chi connectivity index (χ4n) is 5.93. The van der Waals surface area contributed by atoms with Gasteiger partial charge in [0.15, 0.2) is 0 Å². The highest BCUT2D eigenvalue weighted by atomic mass is 19.4. The maximum absolute atomic E-state index is 13.7. The zero-order valence-electron chi connectivity index (χ0n) is 21.6. The van der Waals surface area contributed by atoms with E-state index in [0.29, 0.717) is 31.5 Å². The monoisotopic (exact) mass is 560 g/mol. The molecule has 1 N–H and O–H groups in total. The van der Waals surface area contributed by atoms with E-state index >= 15 is 0 Å². The van der Waals surface area contributed by atoms with Crippen molar-refractivity contribution >= 4 is 5.91 Å². The molecular weight excluding hydrogens is 529 g/mol. The summed E-state index contributed by atoms with van der Waals surface area (Å²) in [5, 5.41) is 2.69. The van der Waals surface area contributed by atoms with Crippen LogP contribution in [-0.4, -0.2) is 43.1 Å². The van der Waals surface area contributed by atoms with Crippen molar-refractivity contribution in [3.63, 3.8) is 0 Å². The molecule has 5 unspecified atom stereocenters. The van der Waals surface area contributed by atoms with Crippen molar-refractivity contribution in [2.24, 2.45) is 5.92 Å². The summed E-state index contributed by atoms with van der Waals surface area (Å²) < 4.78 is 100. The van der Waals surface area contributed by atoms with Gasteiger partial charge in [0, 0.05) is 19.5 Å². The normalized spacial score (nSPS) is 25.2. The van der Waals surface area contributed by atoms with E-state index in [-0.39, 0.29) is 35.4 Å². The van der Waals surface area contributed by atoms with Crippen LogP contribution in [0.3, 0.4) is 0 Å². The van der Waals surface area contributed by atoms with E-state index in [1.54, 1.807) is 19.2 Å². The lowest BCUT2D eigenvalue weighted by Crippen LogP contribution is -2.44. The predicted octanol–water partition coefficient (Wildman–Crippen LogP) is 6.71. The van der Waals surface area contributed by atoms with Crippen LogP contribution in [-0.2, 0) is 21.9 Å². The smallest absolute Gasteiger partial charge is 0.370 e. The molecule has 0 aromatic heterocycles. The molecule has 2 aromatic carbocycles. The van der Waals surface area contributed by atoms with Gasteiger partial charge in [0.2, 0.25) is 5.91 Å². The van der Waals surface area contributed by atoms with E-state index in [0.717, 1.165) is 24.9 Å². The number of amides is 1. The second-order valence-electron chi connectivity index (χ2n) is 10.3. The third-order valence-corrected chi connectivity index (χ3v) is 7.83. The van der Waals surface area contributed by atoms with Crippen LogP contribution in [0.4, 0.5) is 30.7 Å². The van der Waals surface area contributed by atoms with E-state index in [4.69, 9.17) is 4.74 Å². The SMILES string of the molecule is CNC(=O)C1CCCN1CC1CCC(OC(C)c2cc(C(F)(F)F)cc(C(F)(F)F)c2)C1c1ccc(F)cc1. The number of carbonyl (C=O) groups is 1. The molecule has 1 saturated heterocycles. The number of nitrogens with one attached hydrogen (secondary N) is 1. The summed E-state index contributed by atoms with van der Waals surface area (Å²) in [5.74, 6) is -0.797. The van der Waals surface area contributed by atoms with E-state index in [9.17, 15) is 35.5 Å². The first-order valence-corrected chi connectivity index (χ1v) is 12.9. The molecule has 39 heavy (non-hydrogen) atoms. The Kier molecular flexibility index (Phi) is 8.61. The van der Waals surface area contributed by atoms with E-state index in [1.165, 1.54) is 19.1 Å². The molecule has 1 aliphatic carbocycles. The summed E-state index contributed by atoms with van der Waals surface area (Å²) in [7, 11) is 1.58. The molecule has 4 rings (SSSR count). The van der Waals surface area contributed by atoms with Crippen LogP contribution in [0.1, 0.15) is 66.9 Å². The van der Waals surface area contributed by atoms with Gasteiger partial charge in [-0.3, -0.25) is 9.69 Å². The third-order valence-electron chi connectivity index (χ3n) is 7.83. The molecule has 214 valence electrons. The van der Waals surface area contributed by atoms with Crippen molar-refractivity contribution in [3.8, 4) is 0 Å². The van der Waals surface area contributed by atoms with Gasteiger partial charge >= 0.3 is 12.4 Å². The molecule has 2 aliphatic rings. The molecule has 0 spiro atoms. The lowest BCUT2D eigenvalue weighted by atomic mass is 9.86. The van der Waals surface area contributed by atoms with Gasteiger partial charge in [0.05, 0.1) is 29.4 Å². The van der Waals surface area contributed by atoms with Gasteiger partial charge in [-0.05, 0) is 86.5 Å². The topological polar surface area (TPSA) is 41.6 Å². The highest BCUT2D eigenvalue weighted by molar-refractivity contribution is 5.81. The van der Waals surface area contributed by atoms with Gasteiger partial charge in [-0.15, -0.1) is 0 Å². The molecule has 0 bridgehead atoms. The van der Waals surface area contributed by atoms with Gasteiger partial charge in [-0.1, -0.05) is 12.1 Å². The number of rotatable bonds is 7. The van der Waals surface area contributed by atoms with E-state index in [2.05, 4.69) is 10.2 Å². The number of carbonyl (C=O) groups excluding carboxylic acids is 1. The van der Waals surface area contributed by atoms with Gasteiger partial charge in [-0.25, -0.2) is 4.39 Å². The lowest BCUT2D eigenvalue weighted by Gasteiger charge is -2.32. The number of halogens is 7. The quantitative estimate of drug-likeness (QED) is 0.383. The van der Waals surface area contributed by atoms with Crippen molar-refractivity contribution in [2.75, 3.05) is 20.1 Å². The summed E-state index contributed by atoms with van der Waals surface area (Å²) in [4.78, 5) is 14.5. The molecule has 1 aliphatic heterocycles. The first-order valence-electron chi connectivity index (χ1n) is 12.9. The van der Waals surface area contributed by atoms with Gasteiger partial charge in [0.1, 0.15) is 5.82 Å². The number of likely N-dealkylation sites (N-methyl/N-ethyl adjacent to an activating group) is 1. The molecule has 5 atom stereocenters. The highest BCUT2D eigenvalue weighted by Gasteiger charge is 2.43. The largest absolute Gasteiger partial charge is 0.416 e. The number of hydrogen-bond donors (Lipinski definition) is 1.